The van der Waals surface area contributed by atoms with Crippen molar-refractivity contribution >= 4 is 24.2 Å². The lowest BCUT2D eigenvalue weighted by Gasteiger charge is -2.32. The molecule has 1 aromatic rings. The Morgan fingerprint density at radius 2 is 1.61 bits per heavy atom. The molecule has 1 fully saturated rings. The molecule has 0 saturated carbocycles. The molecule has 1 heterocycles. The molecule has 0 atom stereocenters. The predicted octanol–water partition coefficient (Wildman–Crippen LogP) is 3.09. The van der Waals surface area contributed by atoms with E-state index in [1.165, 1.54) is 6.07 Å². The smallest absolute Gasteiger partial charge is 0.399 e. The number of benzene rings is 1. The summed E-state index contributed by atoms with van der Waals surface area (Å²) in [5.74, 6) is -0.443. The first kappa shape index (κ1) is 13.8. The number of hydrogen-bond acceptors (Lipinski definition) is 2. The van der Waals surface area contributed by atoms with Crippen LogP contribution in [0.1, 0.15) is 33.3 Å². The van der Waals surface area contributed by atoms with Gasteiger partial charge in [-0.1, -0.05) is 17.7 Å². The van der Waals surface area contributed by atoms with Crippen LogP contribution in [0.4, 0.5) is 4.39 Å². The lowest BCUT2D eigenvalue weighted by atomic mass is 9.78. The molecular formula is C13H17BClFO2. The van der Waals surface area contributed by atoms with Crippen LogP contribution in [0.5, 0.6) is 0 Å². The molecule has 1 saturated heterocycles. The first-order valence-electron chi connectivity index (χ1n) is 5.95. The SMILES string of the molecule is Cc1cc(B2OC(C)(C)C(C)(C)O2)cc(F)c1Cl. The molecule has 2 nitrogen and oxygen atoms in total. The zero-order valence-electron chi connectivity index (χ0n) is 11.3. The molecule has 0 radical (unpaired) electrons. The van der Waals surface area contributed by atoms with Gasteiger partial charge in [0.2, 0.25) is 0 Å². The summed E-state index contributed by atoms with van der Waals surface area (Å²) in [4.78, 5) is 0. The standard InChI is InChI=1S/C13H17BClFO2/c1-8-6-9(7-10(16)11(8)15)14-17-12(2,3)13(4,5)18-14/h6-7H,1-5H3. The summed E-state index contributed by atoms with van der Waals surface area (Å²) in [7, 11) is -0.555. The summed E-state index contributed by atoms with van der Waals surface area (Å²) in [5, 5.41) is 0.148. The Hall–Kier alpha value is -0.575. The quantitative estimate of drug-likeness (QED) is 0.730. The summed E-state index contributed by atoms with van der Waals surface area (Å²) in [6.07, 6.45) is 0. The molecule has 18 heavy (non-hydrogen) atoms. The minimum absolute atomic E-state index is 0.148. The Kier molecular flexibility index (Phi) is 3.25. The first-order valence-corrected chi connectivity index (χ1v) is 6.33. The molecule has 0 aliphatic carbocycles. The average molecular weight is 271 g/mol. The molecule has 0 spiro atoms. The molecule has 1 aliphatic rings. The third-order valence-corrected chi connectivity index (χ3v) is 4.24. The maximum Gasteiger partial charge on any atom is 0.494 e. The number of halogens is 2. The van der Waals surface area contributed by atoms with Crippen LogP contribution in [0.3, 0.4) is 0 Å². The van der Waals surface area contributed by atoms with Gasteiger partial charge < -0.3 is 9.31 Å². The van der Waals surface area contributed by atoms with Gasteiger partial charge in [-0.25, -0.2) is 4.39 Å². The Balaban J connectivity index is 2.36. The van der Waals surface area contributed by atoms with Crippen LogP contribution in [-0.2, 0) is 9.31 Å². The number of rotatable bonds is 1. The van der Waals surface area contributed by atoms with Gasteiger partial charge in [-0.3, -0.25) is 0 Å². The molecule has 0 N–H and O–H groups in total. The van der Waals surface area contributed by atoms with Crippen molar-refractivity contribution in [3.63, 3.8) is 0 Å². The van der Waals surface area contributed by atoms with Crippen molar-refractivity contribution in [1.29, 1.82) is 0 Å². The Bertz CT molecular complexity index is 449. The lowest BCUT2D eigenvalue weighted by Crippen LogP contribution is -2.41. The molecule has 0 aromatic heterocycles. The van der Waals surface area contributed by atoms with E-state index in [0.717, 1.165) is 0 Å². The van der Waals surface area contributed by atoms with E-state index in [1.807, 2.05) is 27.7 Å². The topological polar surface area (TPSA) is 18.5 Å². The van der Waals surface area contributed by atoms with Gasteiger partial charge in [0.25, 0.3) is 0 Å². The van der Waals surface area contributed by atoms with Gasteiger partial charge in [0.1, 0.15) is 5.82 Å². The van der Waals surface area contributed by atoms with Crippen LogP contribution < -0.4 is 5.46 Å². The highest BCUT2D eigenvalue weighted by Gasteiger charge is 2.51. The summed E-state index contributed by atoms with van der Waals surface area (Å²) in [5.41, 5.74) is 0.484. The first-order chi connectivity index (χ1) is 8.14. The van der Waals surface area contributed by atoms with Crippen LogP contribution in [0, 0.1) is 12.7 Å². The van der Waals surface area contributed by atoms with Crippen molar-refractivity contribution in [1.82, 2.24) is 0 Å². The van der Waals surface area contributed by atoms with Crippen LogP contribution >= 0.6 is 11.6 Å². The maximum absolute atomic E-state index is 13.6. The third kappa shape index (κ3) is 2.17. The van der Waals surface area contributed by atoms with E-state index in [-0.39, 0.29) is 5.02 Å². The molecule has 1 aromatic carbocycles. The van der Waals surface area contributed by atoms with Crippen molar-refractivity contribution < 1.29 is 13.7 Å². The summed E-state index contributed by atoms with van der Waals surface area (Å²) < 4.78 is 25.4. The van der Waals surface area contributed by atoms with Crippen molar-refractivity contribution in [3.8, 4) is 0 Å². The van der Waals surface area contributed by atoms with E-state index in [4.69, 9.17) is 20.9 Å². The second-order valence-electron chi connectivity index (χ2n) is 5.72. The Labute approximate surface area is 113 Å². The Morgan fingerprint density at radius 3 is 2.06 bits per heavy atom. The normalized spacial score (nSPS) is 21.4. The van der Waals surface area contributed by atoms with Gasteiger partial charge in [-0.05, 0) is 51.7 Å². The van der Waals surface area contributed by atoms with E-state index >= 15 is 0 Å². The van der Waals surface area contributed by atoms with Crippen molar-refractivity contribution in [2.45, 2.75) is 45.8 Å². The average Bonchev–Trinajstić information content (AvgIpc) is 2.44. The molecule has 98 valence electrons. The highest BCUT2D eigenvalue weighted by atomic mass is 35.5. The third-order valence-electron chi connectivity index (χ3n) is 3.76. The largest absolute Gasteiger partial charge is 0.494 e. The number of hydrogen-bond donors (Lipinski definition) is 0. The van der Waals surface area contributed by atoms with Crippen LogP contribution in [0.15, 0.2) is 12.1 Å². The summed E-state index contributed by atoms with van der Waals surface area (Å²) in [6.45, 7) is 9.62. The van der Waals surface area contributed by atoms with Gasteiger partial charge in [0.15, 0.2) is 0 Å². The van der Waals surface area contributed by atoms with Crippen molar-refractivity contribution in [2.75, 3.05) is 0 Å². The second kappa shape index (κ2) is 4.22. The fourth-order valence-corrected chi connectivity index (χ4v) is 1.98. The minimum Gasteiger partial charge on any atom is -0.399 e. The van der Waals surface area contributed by atoms with E-state index < -0.39 is 24.1 Å². The van der Waals surface area contributed by atoms with Gasteiger partial charge in [0.05, 0.1) is 16.2 Å². The molecular weight excluding hydrogens is 253 g/mol. The monoisotopic (exact) mass is 270 g/mol. The van der Waals surface area contributed by atoms with Gasteiger partial charge >= 0.3 is 7.12 Å². The fourth-order valence-electron chi connectivity index (χ4n) is 1.87. The second-order valence-corrected chi connectivity index (χ2v) is 6.10. The summed E-state index contributed by atoms with van der Waals surface area (Å²) >= 11 is 5.81. The molecule has 1 aliphatic heterocycles. The van der Waals surface area contributed by atoms with Crippen LogP contribution in [-0.4, -0.2) is 18.3 Å². The highest BCUT2D eigenvalue weighted by Crippen LogP contribution is 2.36. The molecule has 0 amide bonds. The zero-order chi connectivity index (χ0) is 13.7. The Morgan fingerprint density at radius 1 is 1.11 bits per heavy atom. The van der Waals surface area contributed by atoms with Gasteiger partial charge in [-0.15, -0.1) is 0 Å². The summed E-state index contributed by atoms with van der Waals surface area (Å²) in [6, 6.07) is 3.17. The molecule has 0 unspecified atom stereocenters. The van der Waals surface area contributed by atoms with Crippen molar-refractivity contribution in [2.24, 2.45) is 0 Å². The highest BCUT2D eigenvalue weighted by molar-refractivity contribution is 6.62. The fraction of sp³-hybridized carbons (Fsp3) is 0.538. The van der Waals surface area contributed by atoms with Gasteiger partial charge in [0, 0.05) is 0 Å². The maximum atomic E-state index is 13.6. The van der Waals surface area contributed by atoms with E-state index in [9.17, 15) is 4.39 Å². The minimum atomic E-state index is -0.555. The predicted molar refractivity (Wildman–Crippen MR) is 71.9 cm³/mol. The zero-order valence-corrected chi connectivity index (χ0v) is 12.1. The molecule has 5 heteroatoms. The van der Waals surface area contributed by atoms with E-state index in [0.29, 0.717) is 11.0 Å². The number of aryl methyl sites for hydroxylation is 1. The van der Waals surface area contributed by atoms with E-state index in [1.54, 1.807) is 13.0 Å². The van der Waals surface area contributed by atoms with E-state index in [2.05, 4.69) is 0 Å². The van der Waals surface area contributed by atoms with Crippen LogP contribution in [0.25, 0.3) is 0 Å². The molecule has 0 bridgehead atoms. The lowest BCUT2D eigenvalue weighted by molar-refractivity contribution is 0.00578. The van der Waals surface area contributed by atoms with Crippen molar-refractivity contribution in [3.05, 3.63) is 28.5 Å². The van der Waals surface area contributed by atoms with Gasteiger partial charge in [-0.2, -0.15) is 0 Å². The molecule has 2 rings (SSSR count). The van der Waals surface area contributed by atoms with Crippen LogP contribution in [0.2, 0.25) is 5.02 Å².